The summed E-state index contributed by atoms with van der Waals surface area (Å²) in [4.78, 5) is 44.6. The van der Waals surface area contributed by atoms with Gasteiger partial charge in [-0.05, 0) is 44.4 Å². The number of aliphatic carboxylic acids is 1. The number of ether oxygens (including phenoxy) is 2. The number of hydrogen-bond donors (Lipinski definition) is 5. The van der Waals surface area contributed by atoms with E-state index in [-0.39, 0.29) is 13.0 Å². The summed E-state index contributed by atoms with van der Waals surface area (Å²) in [5.41, 5.74) is -0.638. The molecule has 41 heavy (non-hydrogen) atoms. The molecule has 2 heterocycles. The molecule has 1 aromatic heterocycles. The first-order valence-electron chi connectivity index (χ1n) is 13.3. The van der Waals surface area contributed by atoms with Crippen LogP contribution in [0.4, 0.5) is 10.6 Å². The molecule has 0 saturated carbocycles. The van der Waals surface area contributed by atoms with Gasteiger partial charge < -0.3 is 40.8 Å². The third-order valence-electron chi connectivity index (χ3n) is 6.40. The number of carbonyl (C=O) groups excluding carboxylic acids is 2. The van der Waals surface area contributed by atoms with E-state index in [2.05, 4.69) is 20.9 Å². The lowest BCUT2D eigenvalue weighted by atomic mass is 9.85. The minimum Gasteiger partial charge on any atom is -0.497 e. The number of benzene rings is 1. The van der Waals surface area contributed by atoms with Gasteiger partial charge in [-0.1, -0.05) is 20.8 Å². The van der Waals surface area contributed by atoms with E-state index >= 15 is 0 Å². The maximum atomic E-state index is 13.8. The lowest BCUT2D eigenvalue weighted by Gasteiger charge is -2.35. The number of nitrogens with one attached hydrogen (secondary N) is 4. The van der Waals surface area contributed by atoms with Crippen molar-refractivity contribution in [1.82, 2.24) is 20.5 Å². The molecule has 5 N–H and O–H groups in total. The molecule has 1 aliphatic rings. The van der Waals surface area contributed by atoms with Crippen molar-refractivity contribution in [3.05, 3.63) is 36.5 Å². The number of aromatic nitrogens is 1. The molecule has 222 valence electrons. The fourth-order valence-corrected chi connectivity index (χ4v) is 4.52. The van der Waals surface area contributed by atoms with Crippen LogP contribution < -0.4 is 25.4 Å². The lowest BCUT2D eigenvalue weighted by molar-refractivity contribution is -0.150. The van der Waals surface area contributed by atoms with Gasteiger partial charge in [0.1, 0.15) is 35.5 Å². The van der Waals surface area contributed by atoms with Crippen LogP contribution in [0.3, 0.4) is 0 Å². The number of pyridine rings is 1. The van der Waals surface area contributed by atoms with Crippen LogP contribution in [-0.2, 0) is 9.59 Å². The Labute approximate surface area is 240 Å². The third-order valence-corrected chi connectivity index (χ3v) is 6.40. The number of urea groups is 1. The zero-order valence-corrected chi connectivity index (χ0v) is 24.6. The van der Waals surface area contributed by atoms with E-state index in [4.69, 9.17) is 14.9 Å². The zero-order chi connectivity index (χ0) is 30.5. The number of likely N-dealkylation sites (tertiary alicyclic amines) is 1. The molecule has 12 nitrogen and oxygen atoms in total. The van der Waals surface area contributed by atoms with Crippen LogP contribution in [0.1, 0.15) is 48.0 Å². The molecule has 3 atom stereocenters. The van der Waals surface area contributed by atoms with Crippen LogP contribution in [0.25, 0.3) is 10.9 Å². The summed E-state index contributed by atoms with van der Waals surface area (Å²) in [6.07, 6.45) is 3.59. The molecule has 1 aromatic carbocycles. The second-order valence-corrected chi connectivity index (χ2v) is 12.0. The molecule has 0 bridgehead atoms. The fourth-order valence-electron chi connectivity index (χ4n) is 4.52. The summed E-state index contributed by atoms with van der Waals surface area (Å²) in [7, 11) is 1.55. The molecule has 1 fully saturated rings. The number of nitrogens with zero attached hydrogens (tertiary/aromatic N) is 2. The number of carbonyl (C=O) groups is 3. The van der Waals surface area contributed by atoms with Crippen LogP contribution in [0.15, 0.2) is 36.5 Å². The normalized spacial score (nSPS) is 18.2. The molecule has 0 aliphatic carbocycles. The van der Waals surface area contributed by atoms with Crippen LogP contribution in [0.2, 0.25) is 0 Å². The van der Waals surface area contributed by atoms with Gasteiger partial charge in [0.15, 0.2) is 0 Å². The lowest BCUT2D eigenvalue weighted by Crippen LogP contribution is -2.60. The van der Waals surface area contributed by atoms with E-state index < -0.39 is 47.0 Å². The highest BCUT2D eigenvalue weighted by Crippen LogP contribution is 2.34. The number of amides is 3. The highest BCUT2D eigenvalue weighted by atomic mass is 16.5. The van der Waals surface area contributed by atoms with Crippen molar-refractivity contribution in [2.24, 2.45) is 5.41 Å². The van der Waals surface area contributed by atoms with Gasteiger partial charge >= 0.3 is 12.0 Å². The van der Waals surface area contributed by atoms with Gasteiger partial charge in [-0.25, -0.2) is 14.6 Å². The Balaban J connectivity index is 1.91. The van der Waals surface area contributed by atoms with Gasteiger partial charge in [0, 0.05) is 41.9 Å². The van der Waals surface area contributed by atoms with Gasteiger partial charge in [-0.3, -0.25) is 4.79 Å². The maximum absolute atomic E-state index is 13.8. The first-order valence-corrected chi connectivity index (χ1v) is 13.3. The first kappa shape index (κ1) is 31.2. The van der Waals surface area contributed by atoms with Crippen molar-refractivity contribution in [3.8, 4) is 11.5 Å². The molecule has 3 rings (SSSR count). The van der Waals surface area contributed by atoms with E-state index in [0.29, 0.717) is 28.2 Å². The van der Waals surface area contributed by atoms with Crippen LogP contribution in [-0.4, -0.2) is 76.5 Å². The maximum Gasteiger partial charge on any atom is 0.326 e. The number of carboxylic acids is 1. The topological polar surface area (TPSA) is 166 Å². The SMILES string of the molecule is COc1ccc2c(O[C@@H]3C[C@@H](C(=O)O)N(C(=O)[C@@H](NC(=O)NC(C)(C)C)C(C)(C)C)C3)cc(N/C=C\C=N)nc2c1. The molecular formula is C29H40N6O6. The molecule has 0 radical (unpaired) electrons. The highest BCUT2D eigenvalue weighted by molar-refractivity contribution is 5.92. The Morgan fingerprint density at radius 2 is 1.88 bits per heavy atom. The minimum absolute atomic E-state index is 0.0153. The smallest absolute Gasteiger partial charge is 0.326 e. The molecule has 0 spiro atoms. The zero-order valence-electron chi connectivity index (χ0n) is 24.6. The number of hydrogen-bond acceptors (Lipinski definition) is 8. The molecule has 12 heteroatoms. The molecule has 3 amide bonds. The minimum atomic E-state index is -1.15. The van der Waals surface area contributed by atoms with Crippen LogP contribution >= 0.6 is 0 Å². The Bertz CT molecular complexity index is 1330. The van der Waals surface area contributed by atoms with E-state index in [1.807, 2.05) is 41.5 Å². The quantitative estimate of drug-likeness (QED) is 0.285. The Hall–Kier alpha value is -4.35. The number of allylic oxidation sites excluding steroid dienone is 1. The predicted molar refractivity (Wildman–Crippen MR) is 157 cm³/mol. The number of fused-ring (bicyclic) bond motifs is 1. The summed E-state index contributed by atoms with van der Waals surface area (Å²) in [6.45, 7) is 10.9. The van der Waals surface area contributed by atoms with Crippen molar-refractivity contribution >= 4 is 40.8 Å². The van der Waals surface area contributed by atoms with Gasteiger partial charge in [0.2, 0.25) is 5.91 Å². The van der Waals surface area contributed by atoms with Crippen molar-refractivity contribution in [2.45, 2.75) is 71.7 Å². The largest absolute Gasteiger partial charge is 0.497 e. The summed E-state index contributed by atoms with van der Waals surface area (Å²) < 4.78 is 11.7. The average Bonchev–Trinajstić information content (AvgIpc) is 3.29. The number of rotatable bonds is 9. The van der Waals surface area contributed by atoms with E-state index in [1.165, 1.54) is 11.0 Å². The van der Waals surface area contributed by atoms with E-state index in [1.54, 1.807) is 37.6 Å². The predicted octanol–water partition coefficient (Wildman–Crippen LogP) is 3.76. The monoisotopic (exact) mass is 568 g/mol. The van der Waals surface area contributed by atoms with Gasteiger partial charge in [0.05, 0.1) is 19.2 Å². The Kier molecular flexibility index (Phi) is 9.46. The molecule has 2 aromatic rings. The number of carboxylic acid groups (broad SMARTS) is 1. The van der Waals surface area contributed by atoms with Gasteiger partial charge in [-0.15, -0.1) is 0 Å². The molecular weight excluding hydrogens is 528 g/mol. The molecule has 1 aliphatic heterocycles. The van der Waals surface area contributed by atoms with Crippen LogP contribution in [0, 0.1) is 10.8 Å². The second-order valence-electron chi connectivity index (χ2n) is 12.0. The molecule has 1 saturated heterocycles. The standard InChI is InChI=1S/C29H40N6O6/c1-28(2,3)24(33-27(39)34-29(4,5)6)25(36)35-16-18(14-21(35)26(37)38)41-22-15-23(31-12-8-11-30)32-20-13-17(40-7)9-10-19(20)22/h8-13,15,18,21,24,30H,14,16H2,1-7H3,(H,31,32)(H,37,38)(H2,33,34,39)/b12-8-,30-11?/t18-,21+,24-/m1/s1. The first-order chi connectivity index (χ1) is 19.1. The fraction of sp³-hybridized carbons (Fsp3) is 0.483. The number of methoxy groups -OCH3 is 1. The Morgan fingerprint density at radius 1 is 1.17 bits per heavy atom. The second kappa shape index (κ2) is 12.4. The van der Waals surface area contributed by atoms with E-state index in [0.717, 1.165) is 6.21 Å². The van der Waals surface area contributed by atoms with Gasteiger partial charge in [-0.2, -0.15) is 0 Å². The van der Waals surface area contributed by atoms with Crippen molar-refractivity contribution < 1.29 is 29.0 Å². The third kappa shape index (κ3) is 8.09. The Morgan fingerprint density at radius 3 is 2.46 bits per heavy atom. The molecule has 0 unspecified atom stereocenters. The van der Waals surface area contributed by atoms with E-state index in [9.17, 15) is 19.5 Å². The summed E-state index contributed by atoms with van der Waals surface area (Å²) >= 11 is 0. The van der Waals surface area contributed by atoms with Crippen molar-refractivity contribution in [2.75, 3.05) is 19.0 Å². The summed E-state index contributed by atoms with van der Waals surface area (Å²) in [5, 5.41) is 26.4. The van der Waals surface area contributed by atoms with Crippen molar-refractivity contribution in [1.29, 1.82) is 5.41 Å². The average molecular weight is 569 g/mol. The highest BCUT2D eigenvalue weighted by Gasteiger charge is 2.46. The summed E-state index contributed by atoms with van der Waals surface area (Å²) in [6, 6.07) is 4.38. The van der Waals surface area contributed by atoms with Crippen molar-refractivity contribution in [3.63, 3.8) is 0 Å². The van der Waals surface area contributed by atoms with Crippen LogP contribution in [0.5, 0.6) is 11.5 Å². The van der Waals surface area contributed by atoms with Gasteiger partial charge in [0.25, 0.3) is 0 Å². The number of anilines is 1. The summed E-state index contributed by atoms with van der Waals surface area (Å²) in [5.74, 6) is -0.158.